The van der Waals surface area contributed by atoms with Crippen LogP contribution in [0.25, 0.3) is 0 Å². The third-order valence-corrected chi connectivity index (χ3v) is 0.961. The van der Waals surface area contributed by atoms with E-state index >= 15 is 0 Å². The Kier molecular flexibility index (Phi) is 9.15. The molecule has 0 heterocycles. The van der Waals surface area contributed by atoms with Gasteiger partial charge in [-0.25, -0.2) is 0 Å². The van der Waals surface area contributed by atoms with Crippen molar-refractivity contribution in [1.29, 1.82) is 0 Å². The molecule has 10 heavy (non-hydrogen) atoms. The van der Waals surface area contributed by atoms with Crippen LogP contribution >= 0.6 is 12.2 Å². The summed E-state index contributed by atoms with van der Waals surface area (Å²) in [5.41, 5.74) is 0. The Labute approximate surface area is 76.8 Å². The number of carbonyl (C=O) groups is 1. The van der Waals surface area contributed by atoms with Gasteiger partial charge in [-0.2, -0.15) is 0 Å². The van der Waals surface area contributed by atoms with E-state index in [0.717, 1.165) is 0 Å². The van der Waals surface area contributed by atoms with Gasteiger partial charge in [-0.05, 0) is 26.1 Å². The Morgan fingerprint density at radius 1 is 1.60 bits per heavy atom. The van der Waals surface area contributed by atoms with Crippen LogP contribution in [0.1, 0.15) is 20.3 Å². The molecule has 0 aromatic carbocycles. The molecule has 0 aromatic rings. The second kappa shape index (κ2) is 7.19. The molecule has 0 spiro atoms. The minimum absolute atomic E-state index is 0. The van der Waals surface area contributed by atoms with Crippen molar-refractivity contribution in [2.24, 2.45) is 0 Å². The van der Waals surface area contributed by atoms with Crippen LogP contribution in [0.4, 0.5) is 0 Å². The quantitative estimate of drug-likeness (QED) is 0.518. The van der Waals surface area contributed by atoms with Gasteiger partial charge in [0.1, 0.15) is 5.78 Å². The summed E-state index contributed by atoms with van der Waals surface area (Å²) in [5, 5.41) is 0.394. The number of thiocarbonyl (C=S) groups is 1. The van der Waals surface area contributed by atoms with E-state index in [1.807, 2.05) is 6.92 Å². The van der Waals surface area contributed by atoms with Crippen molar-refractivity contribution in [3.05, 3.63) is 0 Å². The molecule has 0 aliphatic carbocycles. The molecule has 0 aromatic heterocycles. The average Bonchev–Trinajstić information content (AvgIpc) is 1.63. The maximum absolute atomic E-state index is 10.4. The molecule has 0 saturated heterocycles. The van der Waals surface area contributed by atoms with E-state index < -0.39 is 0 Å². The maximum Gasteiger partial charge on any atom is 2.00 e. The molecule has 0 bridgehead atoms. The predicted octanol–water partition coefficient (Wildman–Crippen LogP) is 1.33. The summed E-state index contributed by atoms with van der Waals surface area (Å²) in [7, 11) is 0. The number of rotatable bonds is 3. The summed E-state index contributed by atoms with van der Waals surface area (Å²) < 4.78 is 4.86. The van der Waals surface area contributed by atoms with E-state index in [9.17, 15) is 4.79 Å². The van der Waals surface area contributed by atoms with Crippen LogP contribution in [0.15, 0.2) is 0 Å². The fourth-order valence-corrected chi connectivity index (χ4v) is 0.736. The third-order valence-electron chi connectivity index (χ3n) is 0.699. The maximum atomic E-state index is 10.4. The molecule has 4 heteroatoms. The first kappa shape index (κ1) is 12.7. The number of hydrogen-bond acceptors (Lipinski definition) is 3. The molecule has 61 valence electrons. The van der Waals surface area contributed by atoms with Gasteiger partial charge >= 0.3 is 17.1 Å². The normalized spacial score (nSPS) is 7.80. The van der Waals surface area contributed by atoms with Crippen LogP contribution in [-0.2, 0) is 26.6 Å². The number of hydrogen-bond donors (Lipinski definition) is 0. The molecule has 0 aliphatic rings. The van der Waals surface area contributed by atoms with Gasteiger partial charge in [0.2, 0.25) is 0 Å². The number of ether oxygens (including phenoxy) is 1. The van der Waals surface area contributed by atoms with Gasteiger partial charge in [0.25, 0.3) is 0 Å². The fourth-order valence-electron chi connectivity index (χ4n) is 0.415. The van der Waals surface area contributed by atoms with E-state index in [-0.39, 0.29) is 29.3 Å². The van der Waals surface area contributed by atoms with E-state index in [0.29, 0.717) is 11.7 Å². The summed E-state index contributed by atoms with van der Waals surface area (Å²) >= 11 is 4.69. The number of Topliss-reactive ketones (excluding diaryl/α,β-unsaturated/α-hetero) is 1. The Bertz CT molecular complexity index is 125. The van der Waals surface area contributed by atoms with Crippen molar-refractivity contribution < 1.29 is 26.6 Å². The molecule has 0 atom stereocenters. The van der Waals surface area contributed by atoms with Crippen molar-refractivity contribution in [3.63, 3.8) is 0 Å². The van der Waals surface area contributed by atoms with Crippen LogP contribution in [0.2, 0.25) is 0 Å². The standard InChI is InChI=1S/C6H10O2S.Cu/c1-3-8-6(9)4-5(2)7;/h3-4H2,1-2H3;/q;+2. The first-order valence-electron chi connectivity index (χ1n) is 2.82. The van der Waals surface area contributed by atoms with Gasteiger partial charge in [-0.3, -0.25) is 4.79 Å². The topological polar surface area (TPSA) is 26.3 Å². The minimum Gasteiger partial charge on any atom is -0.487 e. The monoisotopic (exact) mass is 209 g/mol. The molecule has 0 aliphatic heterocycles. The van der Waals surface area contributed by atoms with Crippen molar-refractivity contribution in [3.8, 4) is 0 Å². The Balaban J connectivity index is 0. The first-order valence-corrected chi connectivity index (χ1v) is 3.22. The molecule has 0 fully saturated rings. The summed E-state index contributed by atoms with van der Waals surface area (Å²) in [6.45, 7) is 3.88. The second-order valence-electron chi connectivity index (χ2n) is 1.68. The van der Waals surface area contributed by atoms with Crippen LogP contribution in [0, 0.1) is 0 Å². The zero-order chi connectivity index (χ0) is 7.28. The van der Waals surface area contributed by atoms with E-state index in [2.05, 4.69) is 12.2 Å². The van der Waals surface area contributed by atoms with Crippen LogP contribution < -0.4 is 0 Å². The van der Waals surface area contributed by atoms with Crippen LogP contribution in [0.5, 0.6) is 0 Å². The zero-order valence-electron chi connectivity index (χ0n) is 5.94. The summed E-state index contributed by atoms with van der Waals surface area (Å²) in [5.74, 6) is 0.0495. The van der Waals surface area contributed by atoms with Gasteiger partial charge in [-0.1, -0.05) is 0 Å². The minimum atomic E-state index is 0. The predicted molar refractivity (Wildman–Crippen MR) is 39.5 cm³/mol. The van der Waals surface area contributed by atoms with Crippen LogP contribution in [0.3, 0.4) is 0 Å². The smallest absolute Gasteiger partial charge is 0.487 e. The van der Waals surface area contributed by atoms with E-state index in [1.165, 1.54) is 6.92 Å². The summed E-state index contributed by atoms with van der Waals surface area (Å²) in [6.07, 6.45) is 0.267. The van der Waals surface area contributed by atoms with Gasteiger partial charge in [0, 0.05) is 0 Å². The first-order chi connectivity index (χ1) is 4.16. The Morgan fingerprint density at radius 2 is 2.10 bits per heavy atom. The second-order valence-corrected chi connectivity index (χ2v) is 2.14. The summed E-state index contributed by atoms with van der Waals surface area (Å²) in [6, 6.07) is 0. The molecule has 2 nitrogen and oxygen atoms in total. The SMILES string of the molecule is CCOC(=S)CC(C)=O.[Cu+2]. The fraction of sp³-hybridized carbons (Fsp3) is 0.667. The largest absolute Gasteiger partial charge is 2.00 e. The van der Waals surface area contributed by atoms with Gasteiger partial charge in [0.15, 0.2) is 5.05 Å². The number of carbonyl (C=O) groups excluding carboxylic acids is 1. The van der Waals surface area contributed by atoms with E-state index in [1.54, 1.807) is 0 Å². The van der Waals surface area contributed by atoms with Crippen molar-refractivity contribution in [1.82, 2.24) is 0 Å². The van der Waals surface area contributed by atoms with Crippen LogP contribution in [-0.4, -0.2) is 17.4 Å². The zero-order valence-corrected chi connectivity index (χ0v) is 7.70. The number of ketones is 1. The molecule has 0 amide bonds. The van der Waals surface area contributed by atoms with Gasteiger partial charge in [-0.15, -0.1) is 0 Å². The Hall–Kier alpha value is 0.0795. The van der Waals surface area contributed by atoms with Gasteiger partial charge < -0.3 is 4.74 Å². The Morgan fingerprint density at radius 3 is 2.40 bits per heavy atom. The summed E-state index contributed by atoms with van der Waals surface area (Å²) in [4.78, 5) is 10.4. The molecule has 0 unspecified atom stereocenters. The van der Waals surface area contributed by atoms with Crippen molar-refractivity contribution in [2.45, 2.75) is 20.3 Å². The van der Waals surface area contributed by atoms with E-state index in [4.69, 9.17) is 4.74 Å². The molecule has 0 N–H and O–H groups in total. The average molecular weight is 210 g/mol. The van der Waals surface area contributed by atoms with Gasteiger partial charge in [0.05, 0.1) is 13.0 Å². The third kappa shape index (κ3) is 8.08. The molecule has 0 saturated carbocycles. The molecule has 1 radical (unpaired) electrons. The molecule has 0 rings (SSSR count). The molecular formula is C6H10CuO2S+2. The molecular weight excluding hydrogens is 200 g/mol. The van der Waals surface area contributed by atoms with Crippen molar-refractivity contribution >= 4 is 23.1 Å². The van der Waals surface area contributed by atoms with Crippen molar-refractivity contribution in [2.75, 3.05) is 6.61 Å².